The highest BCUT2D eigenvalue weighted by molar-refractivity contribution is 5.78. The molecule has 0 spiro atoms. The number of para-hydroxylation sites is 1. The molecule has 0 bridgehead atoms. The lowest BCUT2D eigenvalue weighted by molar-refractivity contribution is -0.213. The molecule has 2 aromatic carbocycles. The monoisotopic (exact) mass is 356 g/mol. The van der Waals surface area contributed by atoms with Crippen molar-refractivity contribution in [2.24, 2.45) is 0 Å². The van der Waals surface area contributed by atoms with Crippen LogP contribution in [0.5, 0.6) is 5.75 Å². The summed E-state index contributed by atoms with van der Waals surface area (Å²) in [6.45, 7) is 0. The van der Waals surface area contributed by atoms with Crippen LogP contribution in [0, 0.1) is 0 Å². The van der Waals surface area contributed by atoms with Crippen LogP contribution in [0.1, 0.15) is 28.6 Å². The first-order valence-corrected chi connectivity index (χ1v) is 8.67. The van der Waals surface area contributed by atoms with Gasteiger partial charge in [0.25, 0.3) is 0 Å². The number of hydrogen-bond donors (Lipinski definition) is 1. The molecule has 27 heavy (non-hydrogen) atoms. The van der Waals surface area contributed by atoms with Crippen molar-refractivity contribution in [1.29, 1.82) is 0 Å². The summed E-state index contributed by atoms with van der Waals surface area (Å²) < 4.78 is 0. The molecule has 132 valence electrons. The summed E-state index contributed by atoms with van der Waals surface area (Å²) in [7, 11) is 0. The Bertz CT molecular complexity index is 1130. The smallest absolute Gasteiger partial charge is 0.220 e. The van der Waals surface area contributed by atoms with Crippen LogP contribution in [0.2, 0.25) is 0 Å². The fraction of sp³-hybridized carbons (Fsp3) is 0.0952. The van der Waals surface area contributed by atoms with Crippen molar-refractivity contribution in [3.05, 3.63) is 89.2 Å². The Kier molecular flexibility index (Phi) is 3.69. The zero-order chi connectivity index (χ0) is 18.2. The van der Waals surface area contributed by atoms with E-state index in [0.29, 0.717) is 17.7 Å². The highest BCUT2D eigenvalue weighted by atomic mass is 17.2. The number of nitrogens with zero attached hydrogens (tertiary/aromatic N) is 3. The molecule has 4 aromatic rings. The molecule has 0 saturated heterocycles. The third kappa shape index (κ3) is 2.86. The van der Waals surface area contributed by atoms with E-state index in [2.05, 4.69) is 22.1 Å². The van der Waals surface area contributed by atoms with Crippen LogP contribution in [0.25, 0.3) is 11.0 Å². The van der Waals surface area contributed by atoms with Crippen molar-refractivity contribution >= 4 is 17.0 Å². The minimum absolute atomic E-state index is 0.244. The Morgan fingerprint density at radius 1 is 0.852 bits per heavy atom. The number of anilines is 1. The highest BCUT2D eigenvalue weighted by Crippen LogP contribution is 2.38. The predicted octanol–water partition coefficient (Wildman–Crippen LogP) is 3.61. The van der Waals surface area contributed by atoms with Gasteiger partial charge in [-0.3, -0.25) is 0 Å². The van der Waals surface area contributed by atoms with Crippen LogP contribution in [0.4, 0.5) is 5.95 Å². The van der Waals surface area contributed by atoms with E-state index in [-0.39, 0.29) is 12.1 Å². The van der Waals surface area contributed by atoms with Crippen molar-refractivity contribution < 1.29 is 9.78 Å². The number of aromatic nitrogens is 3. The standard InChI is InChI=1S/C21H16N4O2/c22-21-24-15-10-11-16(20-14-8-4-5-9-18(14)26-27-20)23-19(15)17(25-21)12-13-6-2-1-3-7-13/h1-11,20H,12H2,(H2,22,24,25). The fourth-order valence-electron chi connectivity index (χ4n) is 3.30. The Labute approximate surface area is 155 Å². The number of nitrogens with two attached hydrogens (primary N) is 1. The van der Waals surface area contributed by atoms with Gasteiger partial charge in [-0.05, 0) is 23.8 Å². The van der Waals surface area contributed by atoms with Crippen molar-refractivity contribution in [2.75, 3.05) is 5.73 Å². The van der Waals surface area contributed by atoms with Gasteiger partial charge in [0.2, 0.25) is 5.95 Å². The molecule has 6 nitrogen and oxygen atoms in total. The first-order chi connectivity index (χ1) is 13.3. The van der Waals surface area contributed by atoms with Crippen LogP contribution in [-0.2, 0) is 11.3 Å². The molecule has 6 heteroatoms. The topological polar surface area (TPSA) is 83.2 Å². The SMILES string of the molecule is Nc1nc(Cc2ccccc2)c2nc(C3OOc4ccccc43)ccc2n1. The predicted molar refractivity (Wildman–Crippen MR) is 101 cm³/mol. The lowest BCUT2D eigenvalue weighted by Crippen LogP contribution is -2.07. The minimum Gasteiger partial charge on any atom is -0.368 e. The van der Waals surface area contributed by atoms with Crippen molar-refractivity contribution in [2.45, 2.75) is 12.5 Å². The first-order valence-electron chi connectivity index (χ1n) is 8.67. The van der Waals surface area contributed by atoms with Gasteiger partial charge in [-0.25, -0.2) is 15.0 Å². The van der Waals surface area contributed by atoms with E-state index in [9.17, 15) is 0 Å². The van der Waals surface area contributed by atoms with Gasteiger partial charge in [-0.15, -0.1) is 0 Å². The summed E-state index contributed by atoms with van der Waals surface area (Å²) in [4.78, 5) is 24.4. The molecule has 0 aliphatic carbocycles. The molecule has 1 unspecified atom stereocenters. The van der Waals surface area contributed by atoms with E-state index >= 15 is 0 Å². The molecule has 0 fully saturated rings. The van der Waals surface area contributed by atoms with Gasteiger partial charge in [-0.2, -0.15) is 4.89 Å². The Morgan fingerprint density at radius 3 is 2.56 bits per heavy atom. The molecular weight excluding hydrogens is 340 g/mol. The van der Waals surface area contributed by atoms with E-state index in [0.717, 1.165) is 28.0 Å². The van der Waals surface area contributed by atoms with Crippen LogP contribution >= 0.6 is 0 Å². The Hall–Kier alpha value is -3.51. The molecule has 0 radical (unpaired) electrons. The van der Waals surface area contributed by atoms with Crippen molar-refractivity contribution in [3.8, 4) is 5.75 Å². The normalized spacial score (nSPS) is 15.5. The third-order valence-electron chi connectivity index (χ3n) is 4.57. The zero-order valence-corrected chi connectivity index (χ0v) is 14.4. The number of benzene rings is 2. The maximum absolute atomic E-state index is 5.91. The summed E-state index contributed by atoms with van der Waals surface area (Å²) in [6, 6.07) is 21.6. The first kappa shape index (κ1) is 15.7. The minimum atomic E-state index is -0.382. The molecule has 3 heterocycles. The van der Waals surface area contributed by atoms with Gasteiger partial charge in [-0.1, -0.05) is 48.5 Å². The maximum atomic E-state index is 5.91. The van der Waals surface area contributed by atoms with E-state index in [1.165, 1.54) is 0 Å². The fourth-order valence-corrected chi connectivity index (χ4v) is 3.30. The van der Waals surface area contributed by atoms with Gasteiger partial charge in [0.05, 0.1) is 16.9 Å². The molecule has 0 saturated carbocycles. The van der Waals surface area contributed by atoms with E-state index in [1.54, 1.807) is 0 Å². The molecule has 1 aliphatic rings. The largest absolute Gasteiger partial charge is 0.368 e. The van der Waals surface area contributed by atoms with Crippen molar-refractivity contribution in [1.82, 2.24) is 15.0 Å². The Balaban J connectivity index is 1.61. The lowest BCUT2D eigenvalue weighted by atomic mass is 10.0. The van der Waals surface area contributed by atoms with Crippen LogP contribution < -0.4 is 10.6 Å². The van der Waals surface area contributed by atoms with Gasteiger partial charge in [0, 0.05) is 12.0 Å². The van der Waals surface area contributed by atoms with Crippen LogP contribution in [0.15, 0.2) is 66.7 Å². The number of rotatable bonds is 3. The van der Waals surface area contributed by atoms with Gasteiger partial charge >= 0.3 is 0 Å². The quantitative estimate of drug-likeness (QED) is 0.565. The van der Waals surface area contributed by atoms with E-state index in [4.69, 9.17) is 20.5 Å². The molecule has 1 atom stereocenters. The summed E-state index contributed by atoms with van der Waals surface area (Å²) >= 11 is 0. The number of pyridine rings is 1. The van der Waals surface area contributed by atoms with Crippen molar-refractivity contribution in [3.63, 3.8) is 0 Å². The average Bonchev–Trinajstić information content (AvgIpc) is 3.13. The molecule has 0 amide bonds. The maximum Gasteiger partial charge on any atom is 0.220 e. The molecule has 2 N–H and O–H groups in total. The van der Waals surface area contributed by atoms with E-state index < -0.39 is 0 Å². The van der Waals surface area contributed by atoms with Crippen LogP contribution in [-0.4, -0.2) is 15.0 Å². The molecule has 1 aliphatic heterocycles. The average molecular weight is 356 g/mol. The molecule has 5 rings (SSSR count). The Morgan fingerprint density at radius 2 is 1.67 bits per heavy atom. The summed E-state index contributed by atoms with van der Waals surface area (Å²) in [6.07, 6.45) is 0.242. The number of hydrogen-bond acceptors (Lipinski definition) is 6. The second-order valence-electron chi connectivity index (χ2n) is 6.39. The van der Waals surface area contributed by atoms with Crippen LogP contribution in [0.3, 0.4) is 0 Å². The van der Waals surface area contributed by atoms with Gasteiger partial charge in [0.15, 0.2) is 11.9 Å². The second kappa shape index (κ2) is 6.34. The number of nitrogen functional groups attached to an aromatic ring is 1. The zero-order valence-electron chi connectivity index (χ0n) is 14.4. The summed E-state index contributed by atoms with van der Waals surface area (Å²) in [5, 5.41) is 0. The van der Waals surface area contributed by atoms with Gasteiger partial charge < -0.3 is 10.6 Å². The highest BCUT2D eigenvalue weighted by Gasteiger charge is 2.29. The van der Waals surface area contributed by atoms with E-state index in [1.807, 2.05) is 54.6 Å². The second-order valence-corrected chi connectivity index (χ2v) is 6.39. The third-order valence-corrected chi connectivity index (χ3v) is 4.57. The summed E-state index contributed by atoms with van der Waals surface area (Å²) in [5.41, 5.74) is 11.0. The molecule has 2 aromatic heterocycles. The molecular formula is C21H16N4O2. The van der Waals surface area contributed by atoms with Gasteiger partial charge in [0.1, 0.15) is 5.52 Å². The summed E-state index contributed by atoms with van der Waals surface area (Å²) in [5.74, 6) is 0.955. The number of fused-ring (bicyclic) bond motifs is 2. The lowest BCUT2D eigenvalue weighted by Gasteiger charge is -2.11.